The summed E-state index contributed by atoms with van der Waals surface area (Å²) in [6, 6.07) is 64.9. The van der Waals surface area contributed by atoms with E-state index < -0.39 is 25.8 Å². The number of ether oxygens (including phenoxy) is 5. The zero-order valence-electron chi connectivity index (χ0n) is 63.3. The number of amides is 2. The fourth-order valence-corrected chi connectivity index (χ4v) is 14.8. The lowest BCUT2D eigenvalue weighted by Gasteiger charge is -2.19. The highest BCUT2D eigenvalue weighted by Gasteiger charge is 2.25. The number of rotatable bonds is 24. The lowest BCUT2D eigenvalue weighted by Crippen LogP contribution is -2.22. The van der Waals surface area contributed by atoms with Gasteiger partial charge in [0.1, 0.15) is 0 Å². The molecule has 0 aromatic heterocycles. The molecule has 572 valence electrons. The number of hydrogen-bond acceptors (Lipinski definition) is 12. The number of carbonyl (C=O) groups is 3. The van der Waals surface area contributed by atoms with Gasteiger partial charge in [-0.2, -0.15) is 0 Å². The predicted molar refractivity (Wildman–Crippen MR) is 441 cm³/mol. The van der Waals surface area contributed by atoms with Gasteiger partial charge in [-0.05, 0) is 210 Å². The maximum atomic E-state index is 12.6. The van der Waals surface area contributed by atoms with E-state index in [1.807, 2.05) is 178 Å². The molecule has 10 aromatic carbocycles. The van der Waals surface area contributed by atoms with Crippen molar-refractivity contribution >= 4 is 95.5 Å². The van der Waals surface area contributed by atoms with Gasteiger partial charge < -0.3 is 34.3 Å². The molecule has 0 radical (unpaired) electrons. The first-order valence-corrected chi connectivity index (χ1v) is 39.2. The van der Waals surface area contributed by atoms with Crippen LogP contribution in [-0.4, -0.2) is 113 Å². The molecule has 108 heavy (non-hydrogen) atoms. The Hall–Kier alpha value is -8.08. The lowest BCUT2D eigenvalue weighted by molar-refractivity contribution is 0.0826. The third kappa shape index (κ3) is 26.6. The number of methoxy groups -OCH3 is 5. The van der Waals surface area contributed by atoms with Crippen molar-refractivity contribution in [3.8, 4) is 55.6 Å². The van der Waals surface area contributed by atoms with Crippen molar-refractivity contribution < 1.29 is 54.9 Å². The molecule has 2 amide bonds. The molecule has 0 bridgehead atoms. The summed E-state index contributed by atoms with van der Waals surface area (Å²) in [5, 5.41) is 3.42. The van der Waals surface area contributed by atoms with Crippen LogP contribution in [0.5, 0.6) is 0 Å². The van der Waals surface area contributed by atoms with Gasteiger partial charge in [0.15, 0.2) is 15.6 Å². The highest BCUT2D eigenvalue weighted by Crippen LogP contribution is 2.35. The van der Waals surface area contributed by atoms with Crippen LogP contribution in [0.3, 0.4) is 0 Å². The predicted octanol–water partition coefficient (Wildman–Crippen LogP) is 20.9. The van der Waals surface area contributed by atoms with E-state index in [0.29, 0.717) is 86.5 Å². The molecule has 0 heterocycles. The number of hydrogen-bond donors (Lipinski definition) is 1. The van der Waals surface area contributed by atoms with E-state index in [2.05, 4.69) is 13.8 Å². The van der Waals surface area contributed by atoms with E-state index in [4.69, 9.17) is 87.4 Å². The summed E-state index contributed by atoms with van der Waals surface area (Å²) < 4.78 is 77.2. The number of nitrogens with two attached hydrogens (primary N) is 1. The van der Waals surface area contributed by atoms with E-state index in [0.717, 1.165) is 89.0 Å². The van der Waals surface area contributed by atoms with Gasteiger partial charge in [-0.3, -0.25) is 14.4 Å². The number of primary amides is 1. The molecule has 22 heteroatoms. The number of sulfonamides is 1. The first kappa shape index (κ1) is 88.8. The molecule has 15 nitrogen and oxygen atoms in total. The van der Waals surface area contributed by atoms with Gasteiger partial charge in [0.05, 0.1) is 48.6 Å². The highest BCUT2D eigenvalue weighted by molar-refractivity contribution is 7.91. The molecule has 0 spiro atoms. The molecule has 0 saturated carbocycles. The standard InChI is InChI=1S/C19H23ClO3S.C19H21ClO2.C17H18ClNO2.C16H18ClNO3S.C15H14ClNO2/c1-19(2,3)13-24(21,22)17-9-10-18(15(11-17)12-23-4)14-5-7-16(20)8-6-14;1-13(2)10-19(21)15-6-9-18(16(11-15)12-22-3)14-4-7-17(20)8-5-14;1-19(2)17(20)13-6-9-16(14(10-13)11-21-3)12-4-7-15(18)8-5-12;1-18(2)22(19,20)15-8-9-16(13(10-15)11-21-3)12-4-6-14(17)7-5-12;1-19-9-12-8-11(15(17)18)4-7-14(12)10-2-5-13(16)6-3-10/h5-11H,12-13H2,1-4H3;4-9,11,13H,10,12H2,1-3H3;4-10H,11H2,1-3H3;4-10H,11H2,1-3H3;2-8H,9H2,1H3,(H2,17,18). The van der Waals surface area contributed by atoms with Crippen LogP contribution in [-0.2, 0) is 76.6 Å². The fraction of sp³-hybridized carbons (Fsp3) is 0.267. The van der Waals surface area contributed by atoms with Crippen LogP contribution in [0, 0.1) is 11.3 Å². The molecule has 0 aliphatic rings. The van der Waals surface area contributed by atoms with Gasteiger partial charge in [0.25, 0.3) is 5.91 Å². The Balaban J connectivity index is 0.000000211. The summed E-state index contributed by atoms with van der Waals surface area (Å²) in [5.74, 6) is 0.173. The van der Waals surface area contributed by atoms with E-state index in [-0.39, 0.29) is 27.8 Å². The topological polar surface area (TPSA) is 198 Å². The van der Waals surface area contributed by atoms with E-state index in [1.165, 1.54) is 18.4 Å². The number of ketones is 1. The van der Waals surface area contributed by atoms with Crippen molar-refractivity contribution in [2.45, 2.75) is 83.9 Å². The second-order valence-electron chi connectivity index (χ2n) is 27.1. The number of sulfone groups is 1. The molecule has 0 aliphatic heterocycles. The minimum Gasteiger partial charge on any atom is -0.380 e. The van der Waals surface area contributed by atoms with Crippen molar-refractivity contribution in [1.29, 1.82) is 0 Å². The van der Waals surface area contributed by atoms with Crippen molar-refractivity contribution in [2.75, 3.05) is 69.5 Å². The Labute approximate surface area is 662 Å². The molecule has 0 aliphatic carbocycles. The molecule has 2 N–H and O–H groups in total. The van der Waals surface area contributed by atoms with Gasteiger partial charge in [-0.25, -0.2) is 21.1 Å². The number of carbonyl (C=O) groups excluding carboxylic acids is 3. The smallest absolute Gasteiger partial charge is 0.253 e. The highest BCUT2D eigenvalue weighted by atomic mass is 35.5. The van der Waals surface area contributed by atoms with Gasteiger partial charge >= 0.3 is 0 Å². The van der Waals surface area contributed by atoms with Crippen LogP contribution in [0.2, 0.25) is 25.1 Å². The zero-order chi connectivity index (χ0) is 79.6. The largest absolute Gasteiger partial charge is 0.380 e. The lowest BCUT2D eigenvalue weighted by atomic mass is 9.94. The van der Waals surface area contributed by atoms with Gasteiger partial charge in [0.2, 0.25) is 15.9 Å². The molecular weight excluding hydrogens is 1510 g/mol. The summed E-state index contributed by atoms with van der Waals surface area (Å²) in [4.78, 5) is 37.7. The van der Waals surface area contributed by atoms with Gasteiger partial charge in [-0.15, -0.1) is 0 Å². The maximum Gasteiger partial charge on any atom is 0.253 e. The van der Waals surface area contributed by atoms with Crippen molar-refractivity contribution in [2.24, 2.45) is 17.1 Å². The normalized spacial score (nSPS) is 11.3. The Morgan fingerprint density at radius 3 is 0.944 bits per heavy atom. The maximum absolute atomic E-state index is 12.6. The summed E-state index contributed by atoms with van der Waals surface area (Å²) >= 11 is 29.6. The number of nitrogens with zero attached hydrogens (tertiary/aromatic N) is 2. The Morgan fingerprint density at radius 1 is 0.389 bits per heavy atom. The third-order valence-corrected chi connectivity index (χ3v) is 21.6. The molecule has 10 rings (SSSR count). The summed E-state index contributed by atoms with van der Waals surface area (Å²) in [6.07, 6.45) is 0.562. The molecule has 0 fully saturated rings. The number of Topliss-reactive ketones (excluding diaryl/α,β-unsaturated/α-hetero) is 1. The minimum atomic E-state index is -3.47. The first-order valence-electron chi connectivity index (χ1n) is 34.2. The minimum absolute atomic E-state index is 0.0185. The van der Waals surface area contributed by atoms with Crippen LogP contribution in [0.1, 0.15) is 99.9 Å². The van der Waals surface area contributed by atoms with Crippen molar-refractivity contribution in [3.63, 3.8) is 0 Å². The number of benzene rings is 10. The van der Waals surface area contributed by atoms with Gasteiger partial charge in [0, 0.05) is 112 Å². The van der Waals surface area contributed by atoms with Crippen LogP contribution in [0.25, 0.3) is 55.6 Å². The Kier molecular flexibility index (Phi) is 34.7. The van der Waals surface area contributed by atoms with Crippen molar-refractivity contribution in [3.05, 3.63) is 282 Å². The molecule has 0 atom stereocenters. The SMILES string of the molecule is COCc1cc(C(=O)CC(C)C)ccc1-c1ccc(Cl)cc1.COCc1cc(C(=O)N(C)C)ccc1-c1ccc(Cl)cc1.COCc1cc(C(N)=O)ccc1-c1ccc(Cl)cc1.COCc1cc(S(=O)(=O)CC(C)(C)C)ccc1-c1ccc(Cl)cc1.COCc1cc(S(=O)(=O)N(C)C)ccc1-c1ccc(Cl)cc1. The van der Waals surface area contributed by atoms with Crippen molar-refractivity contribution in [1.82, 2.24) is 9.21 Å². The summed E-state index contributed by atoms with van der Waals surface area (Å²) in [6.45, 7) is 11.9. The molecule has 0 unspecified atom stereocenters. The molecule has 0 saturated heterocycles. The summed E-state index contributed by atoms with van der Waals surface area (Å²) in [7, 11) is 7.80. The van der Waals surface area contributed by atoms with Gasteiger partial charge in [-0.1, -0.05) is 190 Å². The van der Waals surface area contributed by atoms with E-state index in [9.17, 15) is 31.2 Å². The second-order valence-corrected chi connectivity index (χ2v) is 33.5. The summed E-state index contributed by atoms with van der Waals surface area (Å²) in [5.41, 5.74) is 21.5. The number of halogens is 5. The van der Waals surface area contributed by atoms with Crippen LogP contribution < -0.4 is 5.73 Å². The Morgan fingerprint density at radius 2 is 0.657 bits per heavy atom. The van der Waals surface area contributed by atoms with Crippen LogP contribution in [0.4, 0.5) is 0 Å². The first-order chi connectivity index (χ1) is 51.1. The average molecular weight is 1600 g/mol. The molecular formula is C86H94Cl5N3O12S2. The quantitative estimate of drug-likeness (QED) is 0.0563. The van der Waals surface area contributed by atoms with Crippen LogP contribution in [0.15, 0.2) is 222 Å². The second kappa shape index (κ2) is 42.2. The van der Waals surface area contributed by atoms with E-state index in [1.54, 1.807) is 109 Å². The van der Waals surface area contributed by atoms with Crippen LogP contribution >= 0.6 is 58.0 Å². The Bertz CT molecular complexity index is 4860. The third-order valence-electron chi connectivity index (χ3n) is 16.4. The fourth-order valence-electron chi connectivity index (χ4n) is 11.3. The van der Waals surface area contributed by atoms with E-state index >= 15 is 0 Å². The molecule has 10 aromatic rings. The average Bonchev–Trinajstić information content (AvgIpc) is 0.823. The zero-order valence-corrected chi connectivity index (χ0v) is 68.7. The monoisotopic (exact) mass is 1600 g/mol.